The summed E-state index contributed by atoms with van der Waals surface area (Å²) in [6.45, 7) is 0.928. The molecular formula is C24H27N3O4. The highest BCUT2D eigenvalue weighted by molar-refractivity contribution is 5.79. The van der Waals surface area contributed by atoms with E-state index in [0.29, 0.717) is 17.4 Å². The molecule has 1 fully saturated rings. The first-order valence-electron chi connectivity index (χ1n) is 10.7. The number of H-pyrrole nitrogens is 1. The van der Waals surface area contributed by atoms with Gasteiger partial charge in [0.1, 0.15) is 5.75 Å². The zero-order chi connectivity index (χ0) is 21.8. The fourth-order valence-electron chi connectivity index (χ4n) is 4.39. The normalized spacial score (nSPS) is 16.8. The van der Waals surface area contributed by atoms with Gasteiger partial charge in [0.2, 0.25) is 5.91 Å². The lowest BCUT2D eigenvalue weighted by Gasteiger charge is -2.31. The number of nitrogens with zero attached hydrogens (tertiary/aromatic N) is 2. The number of ether oxygens (including phenoxy) is 1. The highest BCUT2D eigenvalue weighted by Crippen LogP contribution is 2.31. The topological polar surface area (TPSA) is 84.4 Å². The number of hydrogen-bond acceptors (Lipinski definition) is 4. The number of rotatable bonds is 5. The van der Waals surface area contributed by atoms with Gasteiger partial charge in [-0.3, -0.25) is 19.1 Å². The Balaban J connectivity index is 1.57. The lowest BCUT2D eigenvalue weighted by molar-refractivity contribution is -0.133. The second-order valence-electron chi connectivity index (χ2n) is 7.90. The molecule has 0 radical (unpaired) electrons. The molecule has 0 spiro atoms. The van der Waals surface area contributed by atoms with Gasteiger partial charge in [-0.05, 0) is 42.7 Å². The predicted octanol–water partition coefficient (Wildman–Crippen LogP) is 3.23. The summed E-state index contributed by atoms with van der Waals surface area (Å²) < 4.78 is 6.74. The third kappa shape index (κ3) is 4.40. The molecule has 2 aromatic carbocycles. The van der Waals surface area contributed by atoms with Crippen molar-refractivity contribution in [3.63, 3.8) is 0 Å². The summed E-state index contributed by atoms with van der Waals surface area (Å²) in [5.41, 5.74) is 0.753. The molecule has 162 valence electrons. The molecule has 7 nitrogen and oxygen atoms in total. The monoisotopic (exact) mass is 421 g/mol. The maximum atomic E-state index is 13.3. The summed E-state index contributed by atoms with van der Waals surface area (Å²) in [6.07, 6.45) is 4.26. The minimum absolute atomic E-state index is 0.0184. The Hall–Kier alpha value is -3.35. The molecule has 1 N–H and O–H groups in total. The van der Waals surface area contributed by atoms with Crippen LogP contribution in [0.1, 0.15) is 43.7 Å². The Bertz CT molecular complexity index is 1180. The molecule has 0 saturated carbocycles. The number of methoxy groups -OCH3 is 1. The van der Waals surface area contributed by atoms with Gasteiger partial charge >= 0.3 is 5.69 Å². The van der Waals surface area contributed by atoms with Crippen molar-refractivity contribution >= 4 is 16.8 Å². The number of likely N-dealkylation sites (tertiary alicyclic amines) is 1. The number of aryl methyl sites for hydroxylation is 1. The van der Waals surface area contributed by atoms with E-state index in [1.807, 2.05) is 29.2 Å². The number of benzene rings is 2. The van der Waals surface area contributed by atoms with Crippen LogP contribution >= 0.6 is 0 Å². The Morgan fingerprint density at radius 2 is 1.84 bits per heavy atom. The molecule has 3 aromatic rings. The van der Waals surface area contributed by atoms with E-state index in [0.717, 1.165) is 37.0 Å². The van der Waals surface area contributed by atoms with Crippen molar-refractivity contribution in [2.24, 2.45) is 0 Å². The van der Waals surface area contributed by atoms with Crippen LogP contribution in [0.3, 0.4) is 0 Å². The standard InChI is InChI=1S/C24H27N3O4/c1-31-18-12-10-17(11-13-18)20-8-3-2-6-15-26(20)22(28)14-16-27-21-9-5-4-7-19(21)23(29)25-24(27)30/h4-5,7,9-13,20H,2-3,6,8,14-16H2,1H3,(H,25,29,30)/t20-/m0/s1. The van der Waals surface area contributed by atoms with Gasteiger partial charge in [-0.25, -0.2) is 4.79 Å². The summed E-state index contributed by atoms with van der Waals surface area (Å²) in [5, 5.41) is 0.445. The number of para-hydroxylation sites is 1. The van der Waals surface area contributed by atoms with Crippen molar-refractivity contribution in [2.45, 2.75) is 44.7 Å². The first-order chi connectivity index (χ1) is 15.1. The van der Waals surface area contributed by atoms with Crippen molar-refractivity contribution in [1.82, 2.24) is 14.5 Å². The molecule has 0 aliphatic carbocycles. The zero-order valence-corrected chi connectivity index (χ0v) is 17.7. The number of nitrogens with one attached hydrogen (secondary N) is 1. The van der Waals surface area contributed by atoms with Crippen LogP contribution in [0.2, 0.25) is 0 Å². The average molecular weight is 421 g/mol. The second-order valence-corrected chi connectivity index (χ2v) is 7.90. The SMILES string of the molecule is COc1ccc([C@@H]2CCCCCN2C(=O)CCn2c(=O)[nH]c(=O)c3ccccc32)cc1. The lowest BCUT2D eigenvalue weighted by Crippen LogP contribution is -2.37. The Morgan fingerprint density at radius 3 is 2.61 bits per heavy atom. The molecule has 0 unspecified atom stereocenters. The molecule has 1 aliphatic rings. The summed E-state index contributed by atoms with van der Waals surface area (Å²) in [6, 6.07) is 14.9. The Kier molecular flexibility index (Phi) is 6.21. The highest BCUT2D eigenvalue weighted by atomic mass is 16.5. The van der Waals surface area contributed by atoms with Crippen molar-refractivity contribution in [3.05, 3.63) is 74.9 Å². The van der Waals surface area contributed by atoms with Crippen LogP contribution in [0.25, 0.3) is 10.9 Å². The van der Waals surface area contributed by atoms with Gasteiger partial charge in [0, 0.05) is 19.5 Å². The number of amides is 1. The molecule has 1 saturated heterocycles. The van der Waals surface area contributed by atoms with E-state index < -0.39 is 11.2 Å². The van der Waals surface area contributed by atoms with Crippen molar-refractivity contribution in [3.8, 4) is 5.75 Å². The summed E-state index contributed by atoms with van der Waals surface area (Å²) in [5.74, 6) is 0.810. The van der Waals surface area contributed by atoms with E-state index in [1.165, 1.54) is 4.57 Å². The molecule has 2 heterocycles. The Labute approximate surface area is 180 Å². The van der Waals surface area contributed by atoms with Crippen LogP contribution in [-0.2, 0) is 11.3 Å². The summed E-state index contributed by atoms with van der Waals surface area (Å²) in [4.78, 5) is 42.0. The van der Waals surface area contributed by atoms with Gasteiger partial charge in [-0.2, -0.15) is 0 Å². The van der Waals surface area contributed by atoms with E-state index in [9.17, 15) is 14.4 Å². The summed E-state index contributed by atoms with van der Waals surface area (Å²) >= 11 is 0. The number of hydrogen-bond donors (Lipinski definition) is 1. The van der Waals surface area contributed by atoms with Gasteiger partial charge in [0.25, 0.3) is 5.56 Å². The Morgan fingerprint density at radius 1 is 1.06 bits per heavy atom. The number of carbonyl (C=O) groups is 1. The van der Waals surface area contributed by atoms with Gasteiger partial charge in [-0.1, -0.05) is 37.1 Å². The first kappa shape index (κ1) is 20.9. The van der Waals surface area contributed by atoms with Crippen molar-refractivity contribution in [2.75, 3.05) is 13.7 Å². The third-order valence-electron chi connectivity index (χ3n) is 6.03. The van der Waals surface area contributed by atoms with E-state index in [-0.39, 0.29) is 24.9 Å². The maximum Gasteiger partial charge on any atom is 0.328 e. The molecule has 1 atom stereocenters. The van der Waals surface area contributed by atoms with Crippen molar-refractivity contribution < 1.29 is 9.53 Å². The van der Waals surface area contributed by atoms with Crippen molar-refractivity contribution in [1.29, 1.82) is 0 Å². The summed E-state index contributed by atoms with van der Waals surface area (Å²) in [7, 11) is 1.64. The number of aromatic nitrogens is 2. The number of aromatic amines is 1. The van der Waals surface area contributed by atoms with Gasteiger partial charge in [0.05, 0.1) is 24.1 Å². The lowest BCUT2D eigenvalue weighted by atomic mass is 10.0. The van der Waals surface area contributed by atoms with Crippen LogP contribution in [-0.4, -0.2) is 34.0 Å². The minimum atomic E-state index is -0.487. The molecule has 7 heteroatoms. The van der Waals surface area contributed by atoms with Gasteiger partial charge < -0.3 is 9.64 Å². The molecule has 4 rings (SSSR count). The molecule has 1 amide bonds. The van der Waals surface area contributed by atoms with Crippen LogP contribution in [0.5, 0.6) is 5.75 Å². The fraction of sp³-hybridized carbons (Fsp3) is 0.375. The number of carbonyl (C=O) groups excluding carboxylic acids is 1. The molecular weight excluding hydrogens is 394 g/mol. The molecule has 1 aromatic heterocycles. The van der Waals surface area contributed by atoms with Crippen LogP contribution in [0, 0.1) is 0 Å². The molecule has 31 heavy (non-hydrogen) atoms. The molecule has 0 bridgehead atoms. The highest BCUT2D eigenvalue weighted by Gasteiger charge is 2.26. The second kappa shape index (κ2) is 9.20. The average Bonchev–Trinajstić information content (AvgIpc) is 3.05. The number of fused-ring (bicyclic) bond motifs is 1. The molecule has 1 aliphatic heterocycles. The zero-order valence-electron chi connectivity index (χ0n) is 17.7. The third-order valence-corrected chi connectivity index (χ3v) is 6.03. The van der Waals surface area contributed by atoms with Gasteiger partial charge in [-0.15, -0.1) is 0 Å². The van der Waals surface area contributed by atoms with E-state index in [4.69, 9.17) is 4.74 Å². The first-order valence-corrected chi connectivity index (χ1v) is 10.7. The van der Waals surface area contributed by atoms with E-state index >= 15 is 0 Å². The predicted molar refractivity (Wildman–Crippen MR) is 119 cm³/mol. The van der Waals surface area contributed by atoms with Gasteiger partial charge in [0.15, 0.2) is 0 Å². The minimum Gasteiger partial charge on any atom is -0.497 e. The fourth-order valence-corrected chi connectivity index (χ4v) is 4.39. The van der Waals surface area contributed by atoms with E-state index in [2.05, 4.69) is 4.98 Å². The van der Waals surface area contributed by atoms with E-state index in [1.54, 1.807) is 31.4 Å². The van der Waals surface area contributed by atoms with Crippen LogP contribution in [0.15, 0.2) is 58.1 Å². The quantitative estimate of drug-likeness (QED) is 0.686. The van der Waals surface area contributed by atoms with Crippen LogP contribution < -0.4 is 16.0 Å². The smallest absolute Gasteiger partial charge is 0.328 e. The largest absolute Gasteiger partial charge is 0.497 e. The maximum absolute atomic E-state index is 13.3. The van der Waals surface area contributed by atoms with Crippen LogP contribution in [0.4, 0.5) is 0 Å².